The van der Waals surface area contributed by atoms with Crippen molar-refractivity contribution in [2.75, 3.05) is 19.0 Å². The van der Waals surface area contributed by atoms with E-state index in [1.807, 2.05) is 18.2 Å². The molecule has 1 N–H and O–H groups in total. The lowest BCUT2D eigenvalue weighted by atomic mass is 10.1. The van der Waals surface area contributed by atoms with E-state index in [1.165, 1.54) is 11.1 Å². The van der Waals surface area contributed by atoms with Crippen LogP contribution in [0.25, 0.3) is 0 Å². The zero-order valence-electron chi connectivity index (χ0n) is 11.3. The Morgan fingerprint density at radius 1 is 1.25 bits per heavy atom. The van der Waals surface area contributed by atoms with E-state index in [4.69, 9.17) is 9.47 Å². The first-order valence-electron chi connectivity index (χ1n) is 6.58. The molecule has 0 saturated heterocycles. The second-order valence-corrected chi connectivity index (χ2v) is 5.60. The first-order chi connectivity index (χ1) is 9.76. The van der Waals surface area contributed by atoms with Crippen molar-refractivity contribution in [3.05, 3.63) is 52.0 Å². The van der Waals surface area contributed by atoms with Gasteiger partial charge in [0.15, 0.2) is 0 Å². The first-order valence-corrected chi connectivity index (χ1v) is 7.37. The Labute approximate surface area is 127 Å². The maximum atomic E-state index is 5.52. The minimum Gasteiger partial charge on any atom is -0.495 e. The van der Waals surface area contributed by atoms with Crippen LogP contribution >= 0.6 is 15.9 Å². The average Bonchev–Trinajstić information content (AvgIpc) is 2.94. The molecule has 1 heterocycles. The van der Waals surface area contributed by atoms with Crippen LogP contribution in [0.1, 0.15) is 11.1 Å². The molecular formula is C16H16BrNO2. The van der Waals surface area contributed by atoms with Crippen molar-refractivity contribution in [2.45, 2.75) is 13.0 Å². The third-order valence-electron chi connectivity index (χ3n) is 3.40. The molecule has 0 saturated carbocycles. The predicted molar refractivity (Wildman–Crippen MR) is 83.7 cm³/mol. The summed E-state index contributed by atoms with van der Waals surface area (Å²) < 4.78 is 11.8. The van der Waals surface area contributed by atoms with Gasteiger partial charge in [-0.25, -0.2) is 0 Å². The van der Waals surface area contributed by atoms with Crippen molar-refractivity contribution in [2.24, 2.45) is 0 Å². The highest BCUT2D eigenvalue weighted by Gasteiger charge is 2.11. The van der Waals surface area contributed by atoms with Crippen LogP contribution in [0.4, 0.5) is 5.69 Å². The molecule has 2 aromatic carbocycles. The molecule has 0 aromatic heterocycles. The van der Waals surface area contributed by atoms with Crippen LogP contribution in [0.15, 0.2) is 40.9 Å². The zero-order chi connectivity index (χ0) is 13.9. The van der Waals surface area contributed by atoms with E-state index < -0.39 is 0 Å². The summed E-state index contributed by atoms with van der Waals surface area (Å²) in [5, 5.41) is 3.41. The van der Waals surface area contributed by atoms with Crippen LogP contribution in [0, 0.1) is 0 Å². The lowest BCUT2D eigenvalue weighted by molar-refractivity contribution is 0.357. The summed E-state index contributed by atoms with van der Waals surface area (Å²) in [6.45, 7) is 1.59. The number of nitrogens with one attached hydrogen (secondary N) is 1. The van der Waals surface area contributed by atoms with Crippen molar-refractivity contribution in [1.29, 1.82) is 0 Å². The fourth-order valence-electron chi connectivity index (χ4n) is 2.32. The van der Waals surface area contributed by atoms with Gasteiger partial charge in [0.1, 0.15) is 11.5 Å². The standard InChI is InChI=1S/C16H16BrNO2/c1-19-16-9-13(3-4-14(16)17)18-10-11-2-5-15-12(8-11)6-7-20-15/h2-5,8-9,18H,6-7,10H2,1H3. The van der Waals surface area contributed by atoms with Crippen molar-refractivity contribution in [3.8, 4) is 11.5 Å². The van der Waals surface area contributed by atoms with Crippen LogP contribution < -0.4 is 14.8 Å². The van der Waals surface area contributed by atoms with Crippen LogP contribution in [0.5, 0.6) is 11.5 Å². The Kier molecular flexibility index (Phi) is 3.83. The average molecular weight is 334 g/mol. The summed E-state index contributed by atoms with van der Waals surface area (Å²) in [4.78, 5) is 0. The molecule has 104 valence electrons. The molecule has 2 aromatic rings. The maximum absolute atomic E-state index is 5.52. The molecule has 0 bridgehead atoms. The number of ether oxygens (including phenoxy) is 2. The number of hydrogen-bond acceptors (Lipinski definition) is 3. The van der Waals surface area contributed by atoms with Gasteiger partial charge in [-0.1, -0.05) is 12.1 Å². The van der Waals surface area contributed by atoms with Crippen LogP contribution in [0.2, 0.25) is 0 Å². The maximum Gasteiger partial charge on any atom is 0.135 e. The Balaban J connectivity index is 1.70. The lowest BCUT2D eigenvalue weighted by Gasteiger charge is -2.10. The fourth-order valence-corrected chi connectivity index (χ4v) is 2.73. The highest BCUT2D eigenvalue weighted by Crippen LogP contribution is 2.29. The first kappa shape index (κ1) is 13.3. The van der Waals surface area contributed by atoms with E-state index in [0.29, 0.717) is 0 Å². The number of methoxy groups -OCH3 is 1. The van der Waals surface area contributed by atoms with Gasteiger partial charge in [0.05, 0.1) is 18.2 Å². The van der Waals surface area contributed by atoms with Crippen molar-refractivity contribution in [1.82, 2.24) is 0 Å². The van der Waals surface area contributed by atoms with Gasteiger partial charge in [-0.3, -0.25) is 0 Å². The summed E-state index contributed by atoms with van der Waals surface area (Å²) in [7, 11) is 1.67. The van der Waals surface area contributed by atoms with E-state index in [-0.39, 0.29) is 0 Å². The molecule has 0 radical (unpaired) electrons. The minimum atomic E-state index is 0.790. The number of halogens is 1. The van der Waals surface area contributed by atoms with E-state index in [9.17, 15) is 0 Å². The third-order valence-corrected chi connectivity index (χ3v) is 4.06. The molecule has 0 fully saturated rings. The number of anilines is 1. The van der Waals surface area contributed by atoms with Crippen molar-refractivity contribution in [3.63, 3.8) is 0 Å². The highest BCUT2D eigenvalue weighted by atomic mass is 79.9. The van der Waals surface area contributed by atoms with E-state index >= 15 is 0 Å². The Hall–Kier alpha value is -1.68. The monoisotopic (exact) mass is 333 g/mol. The van der Waals surface area contributed by atoms with E-state index in [1.54, 1.807) is 7.11 Å². The largest absolute Gasteiger partial charge is 0.495 e. The van der Waals surface area contributed by atoms with Gasteiger partial charge >= 0.3 is 0 Å². The topological polar surface area (TPSA) is 30.5 Å². The van der Waals surface area contributed by atoms with Gasteiger partial charge in [0.25, 0.3) is 0 Å². The van der Waals surface area contributed by atoms with Crippen LogP contribution in [0.3, 0.4) is 0 Å². The van der Waals surface area contributed by atoms with E-state index in [2.05, 4.69) is 39.4 Å². The number of benzene rings is 2. The molecule has 0 aliphatic carbocycles. The summed E-state index contributed by atoms with van der Waals surface area (Å²) in [6, 6.07) is 12.4. The van der Waals surface area contributed by atoms with E-state index in [0.717, 1.165) is 41.2 Å². The smallest absolute Gasteiger partial charge is 0.135 e. The Morgan fingerprint density at radius 2 is 2.15 bits per heavy atom. The molecule has 0 atom stereocenters. The van der Waals surface area contributed by atoms with Gasteiger partial charge in [-0.05, 0) is 45.3 Å². The Bertz CT molecular complexity index is 617. The highest BCUT2D eigenvalue weighted by molar-refractivity contribution is 9.10. The summed E-state index contributed by atoms with van der Waals surface area (Å²) in [6.07, 6.45) is 1.01. The second-order valence-electron chi connectivity index (χ2n) is 4.74. The molecule has 0 spiro atoms. The molecule has 3 nitrogen and oxygen atoms in total. The molecule has 1 aliphatic heterocycles. The summed E-state index contributed by atoms with van der Waals surface area (Å²) in [5.41, 5.74) is 3.61. The molecule has 0 unspecified atom stereocenters. The predicted octanol–water partition coefficient (Wildman–Crippen LogP) is 4.00. The summed E-state index contributed by atoms with van der Waals surface area (Å²) >= 11 is 3.45. The molecule has 3 rings (SSSR count). The van der Waals surface area contributed by atoms with Crippen LogP contribution in [-0.4, -0.2) is 13.7 Å². The molecule has 4 heteroatoms. The molecule has 20 heavy (non-hydrogen) atoms. The third kappa shape index (κ3) is 2.75. The van der Waals surface area contributed by atoms with Gasteiger partial charge in [-0.15, -0.1) is 0 Å². The lowest BCUT2D eigenvalue weighted by Crippen LogP contribution is -2.00. The molecule has 0 amide bonds. The second kappa shape index (κ2) is 5.75. The number of hydrogen-bond donors (Lipinski definition) is 1. The Morgan fingerprint density at radius 3 is 3.00 bits per heavy atom. The minimum absolute atomic E-state index is 0.790. The number of fused-ring (bicyclic) bond motifs is 1. The SMILES string of the molecule is COc1cc(NCc2ccc3c(c2)CCO3)ccc1Br. The van der Waals surface area contributed by atoms with Crippen LogP contribution in [-0.2, 0) is 13.0 Å². The zero-order valence-corrected chi connectivity index (χ0v) is 12.9. The van der Waals surface area contributed by atoms with Gasteiger partial charge in [-0.2, -0.15) is 0 Å². The van der Waals surface area contributed by atoms with Crippen molar-refractivity contribution < 1.29 is 9.47 Å². The van der Waals surface area contributed by atoms with Gasteiger partial charge in [0.2, 0.25) is 0 Å². The van der Waals surface area contributed by atoms with Gasteiger partial charge in [0, 0.05) is 24.7 Å². The number of rotatable bonds is 4. The fraction of sp³-hybridized carbons (Fsp3) is 0.250. The molecule has 1 aliphatic rings. The molecular weight excluding hydrogens is 318 g/mol. The van der Waals surface area contributed by atoms with Gasteiger partial charge < -0.3 is 14.8 Å². The van der Waals surface area contributed by atoms with Crippen molar-refractivity contribution >= 4 is 21.6 Å². The normalized spacial score (nSPS) is 12.7. The quantitative estimate of drug-likeness (QED) is 0.917. The summed E-state index contributed by atoms with van der Waals surface area (Å²) in [5.74, 6) is 1.86.